The molecule has 8 heteroatoms. The zero-order valence-electron chi connectivity index (χ0n) is 9.56. The summed E-state index contributed by atoms with van der Waals surface area (Å²) in [5.41, 5.74) is 4.87. The van der Waals surface area contributed by atoms with E-state index in [0.717, 1.165) is 11.9 Å². The van der Waals surface area contributed by atoms with Crippen LogP contribution in [-0.4, -0.2) is 30.4 Å². The molecule has 0 aromatic heterocycles. The van der Waals surface area contributed by atoms with Gasteiger partial charge in [0.2, 0.25) is 0 Å². The second kappa shape index (κ2) is 9.52. The van der Waals surface area contributed by atoms with Crippen LogP contribution < -0.4 is 15.8 Å². The lowest BCUT2D eigenvalue weighted by molar-refractivity contribution is 0.242. The predicted octanol–water partition coefficient (Wildman–Crippen LogP) is 0.981. The van der Waals surface area contributed by atoms with Crippen molar-refractivity contribution in [2.24, 2.45) is 10.7 Å². The summed E-state index contributed by atoms with van der Waals surface area (Å²) in [6.07, 6.45) is 2.35. The molecule has 0 saturated heterocycles. The third-order valence-corrected chi connectivity index (χ3v) is 1.97. The van der Waals surface area contributed by atoms with Gasteiger partial charge < -0.3 is 10.5 Å². The molecule has 0 aliphatic rings. The summed E-state index contributed by atoms with van der Waals surface area (Å²) in [6.45, 7) is 5.70. The lowest BCUT2D eigenvalue weighted by atomic mass is 10.5. The molecule has 0 spiro atoms. The lowest BCUT2D eigenvalue weighted by Crippen LogP contribution is -2.38. The van der Waals surface area contributed by atoms with Crippen molar-refractivity contribution in [2.75, 3.05) is 12.4 Å². The van der Waals surface area contributed by atoms with E-state index in [9.17, 15) is 9.59 Å². The minimum Gasteiger partial charge on any atom is -0.465 e. The third-order valence-electron chi connectivity index (χ3n) is 1.24. The highest BCUT2D eigenvalue weighted by Gasteiger charge is 2.07. The number of nitrogens with zero attached hydrogens (tertiary/aromatic N) is 1. The molecule has 4 N–H and O–H groups in total. The monoisotopic (exact) mass is 260 g/mol. The summed E-state index contributed by atoms with van der Waals surface area (Å²) in [5, 5.41) is 2.26. The normalized spacial score (nSPS) is 10.5. The third kappa shape index (κ3) is 9.24. The highest BCUT2D eigenvalue weighted by atomic mass is 32.2. The molecule has 0 saturated carbocycles. The van der Waals surface area contributed by atoms with Crippen molar-refractivity contribution >= 4 is 30.0 Å². The molecule has 0 fully saturated rings. The molecule has 4 amide bonds. The van der Waals surface area contributed by atoms with Gasteiger partial charge in [0.05, 0.1) is 6.61 Å². The van der Waals surface area contributed by atoms with Gasteiger partial charge in [0.15, 0.2) is 0 Å². The number of urea groups is 2. The van der Waals surface area contributed by atoms with Crippen LogP contribution in [0.5, 0.6) is 0 Å². The highest BCUT2D eigenvalue weighted by molar-refractivity contribution is 7.98. The van der Waals surface area contributed by atoms with E-state index in [0.29, 0.717) is 18.8 Å². The Balaban J connectivity index is 4.17. The lowest BCUT2D eigenvalue weighted by Gasteiger charge is -2.09. The SMILES string of the molecule is C=CCSNC(=O)NC(=NC(N)=O)OCCC. The molecule has 0 aromatic carbocycles. The van der Waals surface area contributed by atoms with Crippen molar-refractivity contribution < 1.29 is 14.3 Å². The average Bonchev–Trinajstić information content (AvgIpc) is 2.25. The molecule has 0 aliphatic carbocycles. The van der Waals surface area contributed by atoms with Gasteiger partial charge in [-0.05, 0) is 18.4 Å². The van der Waals surface area contributed by atoms with Gasteiger partial charge in [0, 0.05) is 5.75 Å². The second-order valence-corrected chi connectivity index (χ2v) is 3.59. The minimum absolute atomic E-state index is 0.212. The summed E-state index contributed by atoms with van der Waals surface area (Å²) in [6, 6.07) is -1.70. The van der Waals surface area contributed by atoms with Crippen molar-refractivity contribution in [2.45, 2.75) is 13.3 Å². The molecule has 0 unspecified atom stereocenters. The molecule has 0 aromatic rings. The first-order valence-corrected chi connectivity index (χ1v) is 5.89. The molecule has 0 radical (unpaired) electrons. The fraction of sp³-hybridized carbons (Fsp3) is 0.444. The number of nitrogens with two attached hydrogens (primary N) is 1. The summed E-state index contributed by atoms with van der Waals surface area (Å²) in [7, 11) is 0. The number of carbonyl (C=O) groups is 2. The summed E-state index contributed by atoms with van der Waals surface area (Å²) in [4.78, 5) is 25.2. The van der Waals surface area contributed by atoms with E-state index in [1.54, 1.807) is 6.08 Å². The number of hydrogen-bond donors (Lipinski definition) is 3. The number of amides is 4. The van der Waals surface area contributed by atoms with Crippen LogP contribution in [0.4, 0.5) is 9.59 Å². The van der Waals surface area contributed by atoms with Gasteiger partial charge in [-0.15, -0.1) is 11.6 Å². The van der Waals surface area contributed by atoms with E-state index in [4.69, 9.17) is 10.5 Å². The van der Waals surface area contributed by atoms with Crippen LogP contribution in [-0.2, 0) is 4.74 Å². The molecule has 0 bridgehead atoms. The molecular formula is C9H16N4O3S. The quantitative estimate of drug-likeness (QED) is 0.225. The number of ether oxygens (including phenoxy) is 1. The van der Waals surface area contributed by atoms with Gasteiger partial charge in [-0.1, -0.05) is 13.0 Å². The van der Waals surface area contributed by atoms with Crippen molar-refractivity contribution in [1.82, 2.24) is 10.0 Å². The van der Waals surface area contributed by atoms with Crippen LogP contribution in [0.25, 0.3) is 0 Å². The molecule has 0 rings (SSSR count). The first-order valence-electron chi connectivity index (χ1n) is 4.90. The summed E-state index contributed by atoms with van der Waals surface area (Å²) in [5.74, 6) is 0.561. The minimum atomic E-state index is -0.935. The Morgan fingerprint density at radius 2 is 2.29 bits per heavy atom. The Bertz CT molecular complexity index is 307. The molecule has 0 atom stereocenters. The second-order valence-electron chi connectivity index (χ2n) is 2.76. The van der Waals surface area contributed by atoms with Gasteiger partial charge in [0.25, 0.3) is 0 Å². The van der Waals surface area contributed by atoms with E-state index < -0.39 is 12.1 Å². The van der Waals surface area contributed by atoms with Gasteiger partial charge in [-0.3, -0.25) is 10.0 Å². The molecule has 0 heterocycles. The number of aliphatic imine (C=N–C) groups is 1. The van der Waals surface area contributed by atoms with Crippen LogP contribution in [0.1, 0.15) is 13.3 Å². The Labute approximate surface area is 104 Å². The standard InChI is InChI=1S/C9H16N4O3S/c1-3-5-16-9(11-7(10)14)12-8(15)13-17-6-4-2/h4H,2-3,5-6H2,1H3,(H4,10,11,12,13,14,15). The molecule has 7 nitrogen and oxygen atoms in total. The number of amidine groups is 1. The molecular weight excluding hydrogens is 244 g/mol. The van der Waals surface area contributed by atoms with Crippen LogP contribution >= 0.6 is 11.9 Å². The molecule has 17 heavy (non-hydrogen) atoms. The van der Waals surface area contributed by atoms with E-state index >= 15 is 0 Å². The van der Waals surface area contributed by atoms with Crippen LogP contribution in [0.15, 0.2) is 17.6 Å². The largest absolute Gasteiger partial charge is 0.465 e. The highest BCUT2D eigenvalue weighted by Crippen LogP contribution is 1.92. The maximum Gasteiger partial charge on any atom is 0.342 e. The van der Waals surface area contributed by atoms with Crippen LogP contribution in [0.3, 0.4) is 0 Å². The first-order chi connectivity index (χ1) is 8.10. The van der Waals surface area contributed by atoms with Crippen molar-refractivity contribution in [3.8, 4) is 0 Å². The first kappa shape index (κ1) is 15.3. The topological polar surface area (TPSA) is 106 Å². The smallest absolute Gasteiger partial charge is 0.342 e. The van der Waals surface area contributed by atoms with Gasteiger partial charge in [-0.2, -0.15) is 0 Å². The zero-order valence-corrected chi connectivity index (χ0v) is 10.4. The summed E-state index contributed by atoms with van der Waals surface area (Å²) >= 11 is 1.14. The number of rotatable bonds is 5. The van der Waals surface area contributed by atoms with E-state index in [1.165, 1.54) is 0 Å². The Morgan fingerprint density at radius 1 is 1.59 bits per heavy atom. The molecule has 0 aliphatic heterocycles. The number of carbonyl (C=O) groups excluding carboxylic acids is 2. The average molecular weight is 260 g/mol. The van der Waals surface area contributed by atoms with Gasteiger partial charge in [0.1, 0.15) is 0 Å². The van der Waals surface area contributed by atoms with Gasteiger partial charge >= 0.3 is 18.1 Å². The van der Waals surface area contributed by atoms with E-state index in [-0.39, 0.29) is 6.02 Å². The maximum absolute atomic E-state index is 11.3. The summed E-state index contributed by atoms with van der Waals surface area (Å²) < 4.78 is 7.47. The Hall–Kier alpha value is -1.70. The molecule has 96 valence electrons. The fourth-order valence-electron chi connectivity index (χ4n) is 0.684. The predicted molar refractivity (Wildman–Crippen MR) is 67.6 cm³/mol. The van der Waals surface area contributed by atoms with Crippen LogP contribution in [0.2, 0.25) is 0 Å². The van der Waals surface area contributed by atoms with E-state index in [1.807, 2.05) is 6.92 Å². The Morgan fingerprint density at radius 3 is 2.82 bits per heavy atom. The van der Waals surface area contributed by atoms with Crippen molar-refractivity contribution in [3.05, 3.63) is 12.7 Å². The van der Waals surface area contributed by atoms with E-state index in [2.05, 4.69) is 21.6 Å². The fourth-order valence-corrected chi connectivity index (χ4v) is 1.07. The maximum atomic E-state index is 11.3. The van der Waals surface area contributed by atoms with Gasteiger partial charge in [-0.25, -0.2) is 9.59 Å². The number of nitrogens with one attached hydrogen (secondary N) is 2. The van der Waals surface area contributed by atoms with Crippen molar-refractivity contribution in [3.63, 3.8) is 0 Å². The van der Waals surface area contributed by atoms with Crippen molar-refractivity contribution in [1.29, 1.82) is 0 Å². The number of hydrogen-bond acceptors (Lipinski definition) is 4. The van der Waals surface area contributed by atoms with Crippen LogP contribution in [0, 0.1) is 0 Å². The Kier molecular flexibility index (Phi) is 8.57. The zero-order chi connectivity index (χ0) is 13.1. The number of primary amides is 1.